The summed E-state index contributed by atoms with van der Waals surface area (Å²) >= 11 is 2.22. The van der Waals surface area contributed by atoms with Crippen molar-refractivity contribution in [2.45, 2.75) is 38.1 Å². The van der Waals surface area contributed by atoms with Crippen LogP contribution < -0.4 is 10.8 Å². The molecule has 3 rings (SSSR count). The van der Waals surface area contributed by atoms with Gasteiger partial charge in [0.1, 0.15) is 0 Å². The monoisotopic (exact) mass is 638 g/mol. The number of aliphatic hydroxyl groups excluding tert-OH is 1. The number of carbonyl (C=O) groups excluding carboxylic acids is 1. The Morgan fingerprint density at radius 2 is 1.89 bits per heavy atom. The Labute approximate surface area is 231 Å². The molecule has 0 atom stereocenters. The Balaban J connectivity index is 2.20. The van der Waals surface area contributed by atoms with Crippen LogP contribution in [0.5, 0.6) is 0 Å². The van der Waals surface area contributed by atoms with Crippen LogP contribution in [0.3, 0.4) is 0 Å². The fourth-order valence-corrected chi connectivity index (χ4v) is 6.30. The Hall–Kier alpha value is -2.58. The molecule has 1 amide bonds. The number of pyridine rings is 1. The SMILES string of the molecule is CCCc1c(S(=O)(=O)N(CCO)Cc2ccncc2)ccc(C(=O)NOC)c1Nc1ccc(I)cc1C. The summed E-state index contributed by atoms with van der Waals surface area (Å²) in [6, 6.07) is 12.2. The molecule has 0 aliphatic heterocycles. The van der Waals surface area contributed by atoms with Gasteiger partial charge in [-0.25, -0.2) is 13.9 Å². The van der Waals surface area contributed by atoms with Gasteiger partial charge in [-0.1, -0.05) is 13.3 Å². The number of halogens is 1. The van der Waals surface area contributed by atoms with Crippen molar-refractivity contribution in [3.63, 3.8) is 0 Å². The molecule has 0 fully saturated rings. The molecule has 0 saturated heterocycles. The van der Waals surface area contributed by atoms with E-state index in [-0.39, 0.29) is 30.2 Å². The molecule has 37 heavy (non-hydrogen) atoms. The maximum atomic E-state index is 14.0. The smallest absolute Gasteiger partial charge is 0.276 e. The van der Waals surface area contributed by atoms with E-state index in [1.54, 1.807) is 24.5 Å². The van der Waals surface area contributed by atoms with E-state index in [1.165, 1.54) is 23.5 Å². The lowest BCUT2D eigenvalue weighted by Crippen LogP contribution is -2.34. The maximum Gasteiger partial charge on any atom is 0.276 e. The van der Waals surface area contributed by atoms with E-state index in [4.69, 9.17) is 4.84 Å². The van der Waals surface area contributed by atoms with Gasteiger partial charge >= 0.3 is 0 Å². The average Bonchev–Trinajstić information content (AvgIpc) is 2.87. The van der Waals surface area contributed by atoms with Crippen LogP contribution in [0.2, 0.25) is 0 Å². The van der Waals surface area contributed by atoms with Crippen molar-refractivity contribution < 1.29 is 23.2 Å². The number of nitrogens with zero attached hydrogens (tertiary/aromatic N) is 2. The Kier molecular flexibility index (Phi) is 10.4. The van der Waals surface area contributed by atoms with E-state index in [0.29, 0.717) is 24.1 Å². The zero-order valence-electron chi connectivity index (χ0n) is 21.0. The second-order valence-electron chi connectivity index (χ2n) is 8.35. The second-order valence-corrected chi connectivity index (χ2v) is 11.5. The lowest BCUT2D eigenvalue weighted by atomic mass is 10.0. The summed E-state index contributed by atoms with van der Waals surface area (Å²) in [6.45, 7) is 3.54. The first-order valence-electron chi connectivity index (χ1n) is 11.7. The Morgan fingerprint density at radius 3 is 2.51 bits per heavy atom. The predicted molar refractivity (Wildman–Crippen MR) is 151 cm³/mol. The third-order valence-corrected chi connectivity index (χ3v) is 8.33. The molecule has 3 N–H and O–H groups in total. The van der Waals surface area contributed by atoms with Gasteiger partial charge in [0.15, 0.2) is 0 Å². The van der Waals surface area contributed by atoms with Crippen LogP contribution in [0.4, 0.5) is 11.4 Å². The molecule has 1 aromatic heterocycles. The quantitative estimate of drug-likeness (QED) is 0.201. The van der Waals surface area contributed by atoms with Crippen molar-refractivity contribution in [3.8, 4) is 0 Å². The van der Waals surface area contributed by atoms with Crippen LogP contribution in [0.1, 0.15) is 40.4 Å². The van der Waals surface area contributed by atoms with Gasteiger partial charge in [-0.2, -0.15) is 4.31 Å². The lowest BCUT2D eigenvalue weighted by molar-refractivity contribution is 0.0538. The molecule has 0 aliphatic rings. The van der Waals surface area contributed by atoms with E-state index < -0.39 is 15.9 Å². The number of amides is 1. The molecular formula is C26H31IN4O5S. The Bertz CT molecular complexity index is 1340. The second kappa shape index (κ2) is 13.3. The van der Waals surface area contributed by atoms with Gasteiger partial charge in [0.2, 0.25) is 10.0 Å². The van der Waals surface area contributed by atoms with Crippen LogP contribution in [0.25, 0.3) is 0 Å². The van der Waals surface area contributed by atoms with E-state index in [1.807, 2.05) is 32.0 Å². The van der Waals surface area contributed by atoms with E-state index in [9.17, 15) is 18.3 Å². The van der Waals surface area contributed by atoms with Crippen LogP contribution in [-0.2, 0) is 27.8 Å². The van der Waals surface area contributed by atoms with Crippen molar-refractivity contribution in [1.82, 2.24) is 14.8 Å². The lowest BCUT2D eigenvalue weighted by Gasteiger charge is -2.25. The van der Waals surface area contributed by atoms with Gasteiger partial charge in [-0.3, -0.25) is 14.6 Å². The summed E-state index contributed by atoms with van der Waals surface area (Å²) in [6.07, 6.45) is 4.23. The van der Waals surface area contributed by atoms with E-state index >= 15 is 0 Å². The summed E-state index contributed by atoms with van der Waals surface area (Å²) in [4.78, 5) is 21.8. The van der Waals surface area contributed by atoms with Crippen molar-refractivity contribution in [2.24, 2.45) is 0 Å². The summed E-state index contributed by atoms with van der Waals surface area (Å²) < 4.78 is 30.3. The minimum atomic E-state index is -4.05. The highest BCUT2D eigenvalue weighted by atomic mass is 127. The first-order chi connectivity index (χ1) is 17.7. The zero-order valence-corrected chi connectivity index (χ0v) is 24.0. The largest absolute Gasteiger partial charge is 0.395 e. The first kappa shape index (κ1) is 29.0. The number of anilines is 2. The van der Waals surface area contributed by atoms with E-state index in [2.05, 4.69) is 38.4 Å². The minimum absolute atomic E-state index is 0.0713. The van der Waals surface area contributed by atoms with Gasteiger partial charge in [0.25, 0.3) is 5.91 Å². The van der Waals surface area contributed by atoms with Gasteiger partial charge in [-0.05, 0) is 95.1 Å². The molecule has 0 radical (unpaired) electrons. The number of nitrogens with one attached hydrogen (secondary N) is 2. The van der Waals surface area contributed by atoms with Gasteiger partial charge < -0.3 is 10.4 Å². The fraction of sp³-hybridized carbons (Fsp3) is 0.308. The normalized spacial score (nSPS) is 11.5. The molecule has 11 heteroatoms. The molecule has 2 aromatic carbocycles. The van der Waals surface area contributed by atoms with Crippen molar-refractivity contribution in [3.05, 3.63) is 80.7 Å². The first-order valence-corrected chi connectivity index (χ1v) is 14.3. The highest BCUT2D eigenvalue weighted by molar-refractivity contribution is 14.1. The molecule has 0 saturated carbocycles. The molecule has 0 aliphatic carbocycles. The molecule has 1 heterocycles. The highest BCUT2D eigenvalue weighted by Gasteiger charge is 2.30. The predicted octanol–water partition coefficient (Wildman–Crippen LogP) is 4.17. The summed E-state index contributed by atoms with van der Waals surface area (Å²) in [7, 11) is -2.71. The third-order valence-electron chi connectivity index (χ3n) is 5.73. The van der Waals surface area contributed by atoms with Crippen LogP contribution in [0.15, 0.2) is 59.8 Å². The van der Waals surface area contributed by atoms with Gasteiger partial charge in [0.05, 0.1) is 29.9 Å². The molecule has 0 unspecified atom stereocenters. The number of aromatic nitrogens is 1. The molecule has 0 bridgehead atoms. The molecule has 0 spiro atoms. The standard InChI is InChI=1S/C26H31IN4O5S/c1-4-5-21-24(37(34,35)31(14-15-32)17-19-10-12-28-13-11-19)9-7-22(26(33)30-36-3)25(21)29-23-8-6-20(27)16-18(23)2/h6-13,16,29,32H,4-5,14-15,17H2,1-3H3,(H,30,33). The number of hydrogen-bond acceptors (Lipinski definition) is 7. The number of sulfonamides is 1. The number of hydrogen-bond donors (Lipinski definition) is 3. The summed E-state index contributed by atoms with van der Waals surface area (Å²) in [5.74, 6) is -0.501. The topological polar surface area (TPSA) is 121 Å². The van der Waals surface area contributed by atoms with Gasteiger partial charge in [0, 0.05) is 34.7 Å². The fourth-order valence-electron chi connectivity index (χ4n) is 3.98. The minimum Gasteiger partial charge on any atom is -0.395 e. The van der Waals surface area contributed by atoms with Crippen molar-refractivity contribution in [1.29, 1.82) is 0 Å². The number of carbonyl (C=O) groups is 1. The summed E-state index contributed by atoms with van der Waals surface area (Å²) in [5.41, 5.74) is 5.92. The number of rotatable bonds is 12. The van der Waals surface area contributed by atoms with Crippen LogP contribution >= 0.6 is 22.6 Å². The van der Waals surface area contributed by atoms with Crippen LogP contribution in [0, 0.1) is 10.5 Å². The molecular weight excluding hydrogens is 607 g/mol. The van der Waals surface area contributed by atoms with Crippen LogP contribution in [-0.4, -0.2) is 49.0 Å². The van der Waals surface area contributed by atoms with Crippen molar-refractivity contribution >= 4 is 49.9 Å². The average molecular weight is 639 g/mol. The zero-order chi connectivity index (χ0) is 27.0. The number of aryl methyl sites for hydroxylation is 1. The van der Waals surface area contributed by atoms with E-state index in [0.717, 1.165) is 20.4 Å². The number of hydroxylamine groups is 1. The molecule has 198 valence electrons. The summed E-state index contributed by atoms with van der Waals surface area (Å²) in [5, 5.41) is 13.0. The number of aliphatic hydroxyl groups is 1. The molecule has 9 nitrogen and oxygen atoms in total. The maximum absolute atomic E-state index is 14.0. The third kappa shape index (κ3) is 7.05. The highest BCUT2D eigenvalue weighted by Crippen LogP contribution is 2.35. The Morgan fingerprint density at radius 1 is 1.16 bits per heavy atom. The number of benzene rings is 2. The van der Waals surface area contributed by atoms with Crippen molar-refractivity contribution in [2.75, 3.05) is 25.6 Å². The molecule has 3 aromatic rings. The van der Waals surface area contributed by atoms with Gasteiger partial charge in [-0.15, -0.1) is 0 Å².